The number of halogens is 3. The number of anilines is 1. The first-order valence-corrected chi connectivity index (χ1v) is 15.0. The van der Waals surface area contributed by atoms with Crippen molar-refractivity contribution in [3.05, 3.63) is 47.7 Å². The van der Waals surface area contributed by atoms with Crippen LogP contribution in [0.5, 0.6) is 11.8 Å². The topological polar surface area (TPSA) is 94.8 Å². The number of nitrogens with zero attached hydrogens (tertiary/aromatic N) is 5. The van der Waals surface area contributed by atoms with Gasteiger partial charge in [0.25, 0.3) is 0 Å². The Labute approximate surface area is 252 Å². The van der Waals surface area contributed by atoms with Gasteiger partial charge in [0.2, 0.25) is 0 Å². The van der Waals surface area contributed by atoms with Crippen molar-refractivity contribution >= 4 is 27.5 Å². The van der Waals surface area contributed by atoms with Crippen LogP contribution < -0.4 is 9.64 Å². The van der Waals surface area contributed by atoms with Crippen molar-refractivity contribution in [2.45, 2.75) is 43.8 Å². The predicted molar refractivity (Wildman–Crippen MR) is 160 cm³/mol. The van der Waals surface area contributed by atoms with E-state index in [0.717, 1.165) is 32.2 Å². The minimum absolute atomic E-state index is 0.0149. The first-order valence-electron chi connectivity index (χ1n) is 15.0. The lowest BCUT2D eigenvalue weighted by molar-refractivity contribution is 0.107. The van der Waals surface area contributed by atoms with Gasteiger partial charge in [0, 0.05) is 49.8 Å². The molecule has 0 aliphatic carbocycles. The van der Waals surface area contributed by atoms with E-state index in [1.54, 1.807) is 0 Å². The molecule has 5 heterocycles. The van der Waals surface area contributed by atoms with E-state index in [0.29, 0.717) is 42.6 Å². The standard InChI is InChI=1S/C33H32F3N5O3/c1-2-23-26(35)7-6-20-11-22(43)12-24(27(20)23)29-28(36)30-25(14-37-29)31(40-9-3-5-19(15-40)17-42)39-32(38-30)44-18-33-8-4-10-41(33)16-21(34)13-33/h1,6-7,11-12,14,19,21,42-43H,3-5,8-10,13,15-18H2. The number of rotatable bonds is 6. The maximum absolute atomic E-state index is 16.7. The van der Waals surface area contributed by atoms with Gasteiger partial charge in [-0.25, -0.2) is 13.2 Å². The van der Waals surface area contributed by atoms with Gasteiger partial charge in [-0.3, -0.25) is 9.88 Å². The SMILES string of the molecule is C#Cc1c(F)ccc2cc(O)cc(-c3ncc4c(N5CCCC(CO)C5)nc(OCC56CCCN5CC(F)C6)nc4c3F)c12. The van der Waals surface area contributed by atoms with Gasteiger partial charge in [-0.15, -0.1) is 6.42 Å². The summed E-state index contributed by atoms with van der Waals surface area (Å²) in [5.41, 5.74) is -0.638. The van der Waals surface area contributed by atoms with Crippen LogP contribution >= 0.6 is 0 Å². The van der Waals surface area contributed by atoms with Crippen LogP contribution in [0.1, 0.15) is 37.7 Å². The molecule has 228 valence electrons. The summed E-state index contributed by atoms with van der Waals surface area (Å²) in [6.45, 7) is 2.49. The van der Waals surface area contributed by atoms with E-state index in [4.69, 9.17) is 16.1 Å². The summed E-state index contributed by atoms with van der Waals surface area (Å²) < 4.78 is 52.0. The number of piperidine rings is 1. The molecule has 2 N–H and O–H groups in total. The highest BCUT2D eigenvalue weighted by atomic mass is 19.1. The smallest absolute Gasteiger partial charge is 0.319 e. The van der Waals surface area contributed by atoms with E-state index >= 15 is 4.39 Å². The fourth-order valence-electron chi connectivity index (χ4n) is 7.32. The van der Waals surface area contributed by atoms with Crippen LogP contribution in [-0.4, -0.2) is 81.2 Å². The molecule has 0 amide bonds. The summed E-state index contributed by atoms with van der Waals surface area (Å²) in [4.78, 5) is 17.7. The number of phenols is 1. The number of terminal acetylenes is 1. The van der Waals surface area contributed by atoms with Crippen LogP contribution in [0.4, 0.5) is 19.0 Å². The lowest BCUT2D eigenvalue weighted by atomic mass is 9.95. The van der Waals surface area contributed by atoms with Crippen LogP contribution in [0.2, 0.25) is 0 Å². The molecule has 3 fully saturated rings. The van der Waals surface area contributed by atoms with Crippen molar-refractivity contribution < 1.29 is 28.1 Å². The molecule has 4 aromatic rings. The lowest BCUT2D eigenvalue weighted by Crippen LogP contribution is -2.43. The zero-order valence-electron chi connectivity index (χ0n) is 24.1. The molecule has 3 aliphatic heterocycles. The van der Waals surface area contributed by atoms with Crippen molar-refractivity contribution in [3.63, 3.8) is 0 Å². The van der Waals surface area contributed by atoms with Gasteiger partial charge in [-0.2, -0.15) is 9.97 Å². The summed E-state index contributed by atoms with van der Waals surface area (Å²) in [6.07, 6.45) is 9.94. The highest BCUT2D eigenvalue weighted by Crippen LogP contribution is 2.42. The first kappa shape index (κ1) is 28.6. The number of benzene rings is 2. The number of aliphatic hydroxyl groups excluding tert-OH is 1. The summed E-state index contributed by atoms with van der Waals surface area (Å²) in [5.74, 6) is 1.17. The monoisotopic (exact) mass is 603 g/mol. The van der Waals surface area contributed by atoms with E-state index in [9.17, 15) is 19.0 Å². The van der Waals surface area contributed by atoms with Crippen LogP contribution in [0.15, 0.2) is 30.5 Å². The number of aromatic nitrogens is 3. The number of aliphatic hydroxyl groups is 1. The van der Waals surface area contributed by atoms with E-state index in [1.807, 2.05) is 4.90 Å². The number of pyridine rings is 1. The van der Waals surface area contributed by atoms with E-state index in [1.165, 1.54) is 30.5 Å². The maximum Gasteiger partial charge on any atom is 0.319 e. The van der Waals surface area contributed by atoms with Gasteiger partial charge in [0.15, 0.2) is 5.82 Å². The molecule has 0 saturated carbocycles. The molecule has 0 radical (unpaired) electrons. The van der Waals surface area contributed by atoms with Gasteiger partial charge in [0.05, 0.1) is 16.5 Å². The summed E-state index contributed by atoms with van der Waals surface area (Å²) >= 11 is 0. The highest BCUT2D eigenvalue weighted by Gasteiger charge is 2.49. The number of hydrogen-bond acceptors (Lipinski definition) is 8. The van der Waals surface area contributed by atoms with Gasteiger partial charge >= 0.3 is 6.01 Å². The summed E-state index contributed by atoms with van der Waals surface area (Å²) in [7, 11) is 0. The summed E-state index contributed by atoms with van der Waals surface area (Å²) in [5, 5.41) is 21.4. The first-order chi connectivity index (χ1) is 21.3. The third kappa shape index (κ3) is 4.77. The molecule has 0 bridgehead atoms. The number of hydrogen-bond donors (Lipinski definition) is 2. The van der Waals surface area contributed by atoms with Crippen molar-refractivity contribution in [2.75, 3.05) is 44.3 Å². The average molecular weight is 604 g/mol. The molecular formula is C33H32F3N5O3. The number of phenolic OH excluding ortho intramolecular Hbond substituents is 1. The van der Waals surface area contributed by atoms with Crippen LogP contribution in [0.25, 0.3) is 32.9 Å². The fourth-order valence-corrected chi connectivity index (χ4v) is 7.32. The van der Waals surface area contributed by atoms with Crippen molar-refractivity contribution in [3.8, 4) is 35.4 Å². The largest absolute Gasteiger partial charge is 0.508 e. The minimum Gasteiger partial charge on any atom is -0.508 e. The third-order valence-corrected chi connectivity index (χ3v) is 9.40. The molecule has 8 nitrogen and oxygen atoms in total. The van der Waals surface area contributed by atoms with E-state index in [-0.39, 0.29) is 58.6 Å². The molecule has 11 heteroatoms. The minimum atomic E-state index is -0.934. The molecule has 2 aromatic heterocycles. The second-order valence-electron chi connectivity index (χ2n) is 12.2. The fraction of sp³-hybridized carbons (Fsp3) is 0.424. The molecule has 3 atom stereocenters. The highest BCUT2D eigenvalue weighted by molar-refractivity contribution is 6.03. The quantitative estimate of drug-likeness (QED) is 0.299. The van der Waals surface area contributed by atoms with E-state index < -0.39 is 23.3 Å². The predicted octanol–water partition coefficient (Wildman–Crippen LogP) is 4.97. The Kier molecular flexibility index (Phi) is 7.22. The molecule has 3 saturated heterocycles. The van der Waals surface area contributed by atoms with Gasteiger partial charge in [-0.1, -0.05) is 12.0 Å². The number of alkyl halides is 1. The zero-order valence-corrected chi connectivity index (χ0v) is 24.1. The Morgan fingerprint density at radius 2 is 2.00 bits per heavy atom. The van der Waals surface area contributed by atoms with E-state index in [2.05, 4.69) is 20.8 Å². The molecule has 3 unspecified atom stereocenters. The normalized spacial score (nSPS) is 23.8. The molecule has 3 aliphatic rings. The van der Waals surface area contributed by atoms with Crippen LogP contribution in [-0.2, 0) is 0 Å². The Hall–Kier alpha value is -4.14. The summed E-state index contributed by atoms with van der Waals surface area (Å²) in [6, 6.07) is 5.35. The maximum atomic E-state index is 16.7. The number of aromatic hydroxyl groups is 1. The van der Waals surface area contributed by atoms with Gasteiger partial charge < -0.3 is 19.8 Å². The lowest BCUT2D eigenvalue weighted by Gasteiger charge is -2.34. The molecular weight excluding hydrogens is 571 g/mol. The number of ether oxygens (including phenoxy) is 1. The molecule has 44 heavy (non-hydrogen) atoms. The second kappa shape index (κ2) is 11.1. The molecule has 7 rings (SSSR count). The van der Waals surface area contributed by atoms with Crippen molar-refractivity contribution in [2.24, 2.45) is 5.92 Å². The second-order valence-corrected chi connectivity index (χ2v) is 12.2. The van der Waals surface area contributed by atoms with Crippen LogP contribution in [0, 0.1) is 29.9 Å². The molecule has 0 spiro atoms. The molecule has 2 aromatic carbocycles. The van der Waals surface area contributed by atoms with Crippen molar-refractivity contribution in [1.82, 2.24) is 19.9 Å². The number of fused-ring (bicyclic) bond motifs is 3. The Morgan fingerprint density at radius 3 is 2.82 bits per heavy atom. The third-order valence-electron chi connectivity index (χ3n) is 9.40. The average Bonchev–Trinajstić information content (AvgIpc) is 3.55. The van der Waals surface area contributed by atoms with Crippen LogP contribution in [0.3, 0.4) is 0 Å². The Balaban J connectivity index is 1.38. The van der Waals surface area contributed by atoms with Gasteiger partial charge in [0.1, 0.15) is 41.4 Å². The Bertz CT molecular complexity index is 1810. The zero-order chi connectivity index (χ0) is 30.6. The Morgan fingerprint density at radius 1 is 1.14 bits per heavy atom. The van der Waals surface area contributed by atoms with Crippen molar-refractivity contribution in [1.29, 1.82) is 0 Å². The van der Waals surface area contributed by atoms with Gasteiger partial charge in [-0.05, 0) is 61.7 Å².